The lowest BCUT2D eigenvalue weighted by molar-refractivity contribution is 0.661. The first-order chi connectivity index (χ1) is 69.7. The molecule has 1 aliphatic carbocycles. The molecule has 0 saturated heterocycles. The van der Waals surface area contributed by atoms with E-state index in [0.717, 1.165) is 0 Å². The molecule has 0 saturated carbocycles. The molecule has 27 aromatic rings. The van der Waals surface area contributed by atoms with E-state index in [1.54, 1.807) is 0 Å². The first-order valence-electron chi connectivity index (χ1n) is 49.3. The number of rotatable bonds is 11. The maximum Gasteiger partial charge on any atom is 0.145 e. The van der Waals surface area contributed by atoms with Crippen molar-refractivity contribution in [3.63, 3.8) is 0 Å². The molecule has 0 fully saturated rings. The number of aryl methyl sites for hydroxylation is 3. The number of hydrogen-bond acceptors (Lipinski definition) is 1. The summed E-state index contributed by atoms with van der Waals surface area (Å²) in [6.45, 7) is 16.1. The van der Waals surface area contributed by atoms with Gasteiger partial charge < -0.3 is 22.8 Å². The van der Waals surface area contributed by atoms with Gasteiger partial charge in [0.1, 0.15) is 16.1 Å². The molecule has 21 aromatic carbocycles. The van der Waals surface area contributed by atoms with Crippen molar-refractivity contribution in [3.05, 3.63) is 537 Å². The van der Waals surface area contributed by atoms with Crippen LogP contribution in [0.3, 0.4) is 0 Å². The summed E-state index contributed by atoms with van der Waals surface area (Å²) >= 11 is 1.89. The van der Waals surface area contributed by atoms with Gasteiger partial charge in [-0.3, -0.25) is 0 Å². The van der Waals surface area contributed by atoms with Gasteiger partial charge in [-0.05, 0) is 232 Å². The first-order valence-corrected chi connectivity index (χ1v) is 55.2. The Morgan fingerprint density at radius 3 is 0.824 bits per heavy atom. The van der Waals surface area contributed by atoms with Gasteiger partial charge in [0.25, 0.3) is 0 Å². The van der Waals surface area contributed by atoms with E-state index >= 15 is 0 Å². The summed E-state index contributed by atoms with van der Waals surface area (Å²) in [5.74, 6) is 0. The smallest absolute Gasteiger partial charge is 0.145 e. The Balaban J connectivity index is 0.0000000967. The molecule has 0 bridgehead atoms. The van der Waals surface area contributed by atoms with E-state index in [1.807, 2.05) is 11.3 Å². The average Bonchev–Trinajstić information content (AvgIpc) is 1.56. The van der Waals surface area contributed by atoms with Gasteiger partial charge in [-0.2, -0.15) is 0 Å². The fourth-order valence-electron chi connectivity index (χ4n) is 22.7. The highest BCUT2D eigenvalue weighted by molar-refractivity contribution is 7.26. The van der Waals surface area contributed by atoms with Crippen LogP contribution in [0, 0.1) is 20.8 Å². The predicted molar refractivity (Wildman–Crippen MR) is 615 cm³/mol. The molecule has 8 heteroatoms. The van der Waals surface area contributed by atoms with E-state index in [1.165, 1.54) is 228 Å². The van der Waals surface area contributed by atoms with Crippen LogP contribution in [-0.4, -0.2) is 39.0 Å². The van der Waals surface area contributed by atoms with Crippen molar-refractivity contribution in [3.8, 4) is 39.6 Å². The van der Waals surface area contributed by atoms with E-state index in [2.05, 4.69) is 580 Å². The highest BCUT2D eigenvalue weighted by Gasteiger charge is 2.38. The van der Waals surface area contributed by atoms with Crippen molar-refractivity contribution in [2.75, 3.05) is 0 Å². The van der Waals surface area contributed by atoms with Crippen LogP contribution >= 0.6 is 11.3 Å². The van der Waals surface area contributed by atoms with Gasteiger partial charge in [-0.15, -0.1) is 11.3 Å². The summed E-state index contributed by atoms with van der Waals surface area (Å²) < 4.78 is 14.7. The highest BCUT2D eigenvalue weighted by atomic mass is 32.1. The van der Waals surface area contributed by atoms with Gasteiger partial charge in [-0.1, -0.05) is 395 Å². The number of aromatic nitrogens is 5. The number of benzene rings is 21. The van der Waals surface area contributed by atoms with E-state index in [0.29, 0.717) is 0 Å². The fourth-order valence-corrected chi connectivity index (χ4v) is 31.0. The average molecular weight is 1870 g/mol. The predicted octanol–water partition coefficient (Wildman–Crippen LogP) is 31.7. The molecule has 0 spiro atoms. The normalized spacial score (nSPS) is 12.2. The zero-order valence-corrected chi connectivity index (χ0v) is 83.5. The molecular weight excluding hydrogens is 1770 g/mol. The maximum absolute atomic E-state index is 2.47. The van der Waals surface area contributed by atoms with Crippen molar-refractivity contribution in [2.24, 2.45) is 0 Å². The lowest BCUT2D eigenvalue weighted by Gasteiger charge is -2.29. The second-order valence-corrected chi connectivity index (χ2v) is 47.7. The number of thiophene rings is 1. The molecule has 0 radical (unpaired) electrons. The molecule has 1 aliphatic rings. The third kappa shape index (κ3) is 15.3. The van der Waals surface area contributed by atoms with Gasteiger partial charge in [0.2, 0.25) is 0 Å². The third-order valence-electron chi connectivity index (χ3n) is 29.9. The molecule has 0 unspecified atom stereocenters. The van der Waals surface area contributed by atoms with Crippen molar-refractivity contribution >= 4 is 188 Å². The molecule has 0 aliphatic heterocycles. The van der Waals surface area contributed by atoms with Crippen LogP contribution in [0.15, 0.2) is 510 Å². The first kappa shape index (κ1) is 88.0. The van der Waals surface area contributed by atoms with E-state index in [4.69, 9.17) is 0 Å². The molecule has 28 rings (SSSR count). The minimum Gasteiger partial charge on any atom is -0.309 e. The van der Waals surface area contributed by atoms with Crippen LogP contribution < -0.4 is 31.1 Å². The molecule has 5 nitrogen and oxygen atoms in total. The van der Waals surface area contributed by atoms with Crippen LogP contribution in [0.25, 0.3) is 169 Å². The number of nitrogens with zero attached hydrogens (tertiary/aromatic N) is 5. The molecule has 142 heavy (non-hydrogen) atoms. The van der Waals surface area contributed by atoms with E-state index < -0.39 is 16.1 Å². The van der Waals surface area contributed by atoms with Crippen LogP contribution in [-0.2, 0) is 5.41 Å². The summed E-state index contributed by atoms with van der Waals surface area (Å²) in [6.07, 6.45) is 0. The maximum atomic E-state index is 2.47. The van der Waals surface area contributed by atoms with Crippen molar-refractivity contribution < 1.29 is 0 Å². The number of hydrogen-bond donors (Lipinski definition) is 0. The topological polar surface area (TPSA) is 24.6 Å². The Labute approximate surface area is 834 Å². The largest absolute Gasteiger partial charge is 0.309 e. The zero-order valence-electron chi connectivity index (χ0n) is 80.6. The van der Waals surface area contributed by atoms with Gasteiger partial charge in [0, 0.05) is 108 Å². The van der Waals surface area contributed by atoms with Crippen molar-refractivity contribution in [2.45, 2.75) is 53.1 Å². The summed E-state index contributed by atoms with van der Waals surface area (Å²) in [7, 11) is -3.98. The molecular formula is C134H105N5SSi2. The molecule has 0 N–H and O–H groups in total. The summed E-state index contributed by atoms with van der Waals surface area (Å²) in [6, 6.07) is 185. The van der Waals surface area contributed by atoms with Crippen LogP contribution in [0.4, 0.5) is 0 Å². The summed E-state index contributed by atoms with van der Waals surface area (Å²) in [4.78, 5) is 0. The van der Waals surface area contributed by atoms with Gasteiger partial charge in [0.05, 0.1) is 55.2 Å². The standard InChI is InChI=1S/C31H22N2.C31H25NSi.C28H23N.C25H17NS.C19H18Si/c1-21-16-17-29-25(18-21)27-20-30-26(19-31(27)33(29)23-12-6-3-7-13-23)24-14-8-9-15-28(24)32(30)22-10-4-2-5-11-22;1-33(25-12-4-2-5-13-25,26-14-6-3-7-15-26)27-22-20-24(21-23-27)32-30-18-10-8-16-28(30)29-17-9-11-19-31(29)32;1-18-13-14-26-22(15-18)23-16-25-21(20-11-7-8-12-24(20)28(25,2)3)17-27(23)29(26)19-9-5-4-6-10-19;1-16-11-12-22-19(13-16)20-15-25-21(18-9-5-6-10-24(18)27-25)14-23(20)26(22)17-7-3-2-4-8-17;1-20(17-11-5-2-6-12-17,18-13-7-3-8-14-18)19-15-9-4-10-16-19/h2-20H,1H3;2-23H,1H3;4-17H,1-3H3;2-15H,1H3;2-16H,1H3. The Morgan fingerprint density at radius 1 is 0.176 bits per heavy atom. The van der Waals surface area contributed by atoms with Crippen LogP contribution in [0.5, 0.6) is 0 Å². The second kappa shape index (κ2) is 36.6. The van der Waals surface area contributed by atoms with Crippen LogP contribution in [0.2, 0.25) is 13.1 Å². The van der Waals surface area contributed by atoms with E-state index in [-0.39, 0.29) is 5.41 Å². The minimum absolute atomic E-state index is 0.0190. The Morgan fingerprint density at radius 2 is 0.437 bits per heavy atom. The lowest BCUT2D eigenvalue weighted by atomic mass is 9.82. The molecule has 0 atom stereocenters. The Kier molecular flexibility index (Phi) is 22.7. The highest BCUT2D eigenvalue weighted by Crippen LogP contribution is 2.52. The molecule has 6 aromatic heterocycles. The van der Waals surface area contributed by atoms with Gasteiger partial charge in [0.15, 0.2) is 0 Å². The fraction of sp³-hybridized carbons (Fsp3) is 0.0597. The lowest BCUT2D eigenvalue weighted by Crippen LogP contribution is -2.64. The Bertz CT molecular complexity index is 9200. The molecule has 0 amide bonds. The van der Waals surface area contributed by atoms with Crippen molar-refractivity contribution in [1.29, 1.82) is 0 Å². The van der Waals surface area contributed by atoms with Gasteiger partial charge >= 0.3 is 0 Å². The summed E-state index contributed by atoms with van der Waals surface area (Å²) in [5.41, 5.74) is 28.0. The minimum atomic E-state index is -2.10. The number of para-hydroxylation sites is 7. The molecule has 6 heterocycles. The van der Waals surface area contributed by atoms with Gasteiger partial charge in [-0.25, -0.2) is 0 Å². The van der Waals surface area contributed by atoms with Crippen molar-refractivity contribution in [1.82, 2.24) is 22.8 Å². The van der Waals surface area contributed by atoms with Crippen LogP contribution in [0.1, 0.15) is 41.7 Å². The SMILES string of the molecule is C[Si](c1ccccc1)(c1ccccc1)c1ccc(-n2c3ccccc3c3ccccc32)cc1.C[Si](c1ccccc1)(c1ccccc1)c1ccccc1.Cc1ccc2c(c1)c1cc3c(cc1n2-c1ccccc1)-c1ccccc1C3(C)C.Cc1ccc2c(c1)c1cc3c(cc1n2-c1ccccc1)c1ccccc1n3-c1ccccc1.Cc1ccc2c(c1)c1cc3sc4ccccc4c3cc1n2-c1ccccc1. The third-order valence-corrected chi connectivity index (χ3v) is 39.9. The number of fused-ring (bicyclic) bond motifs is 21. The second-order valence-electron chi connectivity index (χ2n) is 38.7. The Hall–Kier alpha value is -16.7. The zero-order chi connectivity index (χ0) is 95.7. The van der Waals surface area contributed by atoms with E-state index in [9.17, 15) is 0 Å². The molecule has 680 valence electrons. The summed E-state index contributed by atoms with van der Waals surface area (Å²) in [5, 5.41) is 24.4. The quantitative estimate of drug-likeness (QED) is 0.0911. The monoisotopic (exact) mass is 1870 g/mol.